The first-order valence-corrected chi connectivity index (χ1v) is 6.06. The number of pyridine rings is 1. The molecule has 108 valence electrons. The molecule has 4 nitrogen and oxygen atoms in total. The van der Waals surface area contributed by atoms with Crippen LogP contribution >= 0.6 is 0 Å². The van der Waals surface area contributed by atoms with Gasteiger partial charge in [0.2, 0.25) is 0 Å². The summed E-state index contributed by atoms with van der Waals surface area (Å²) in [7, 11) is 0. The van der Waals surface area contributed by atoms with E-state index in [0.29, 0.717) is 13.0 Å². The van der Waals surface area contributed by atoms with E-state index in [2.05, 4.69) is 10.3 Å². The fourth-order valence-corrected chi connectivity index (χ4v) is 1.69. The van der Waals surface area contributed by atoms with Crippen molar-refractivity contribution in [2.24, 2.45) is 5.92 Å². The Morgan fingerprint density at radius 1 is 1.42 bits per heavy atom. The molecule has 7 heteroatoms. The Balaban J connectivity index is 2.76. The normalized spacial score (nSPS) is 13.3. The third-order valence-corrected chi connectivity index (χ3v) is 2.86. The molecular weight excluding hydrogens is 259 g/mol. The van der Waals surface area contributed by atoms with Crippen molar-refractivity contribution in [3.8, 4) is 0 Å². The van der Waals surface area contributed by atoms with E-state index >= 15 is 0 Å². The van der Waals surface area contributed by atoms with Crippen LogP contribution in [0.4, 0.5) is 24.8 Å². The molecule has 1 aromatic rings. The van der Waals surface area contributed by atoms with Crippen molar-refractivity contribution < 1.29 is 18.3 Å². The Morgan fingerprint density at radius 3 is 2.63 bits per heavy atom. The first-order valence-electron chi connectivity index (χ1n) is 6.06. The highest BCUT2D eigenvalue weighted by Crippen LogP contribution is 2.31. The lowest BCUT2D eigenvalue weighted by molar-refractivity contribution is -0.137. The van der Waals surface area contributed by atoms with Gasteiger partial charge in [-0.15, -0.1) is 0 Å². The SMILES string of the molecule is CCC(CCO)CNc1cc(C(F)(F)F)cc(N)n1. The van der Waals surface area contributed by atoms with Gasteiger partial charge in [-0.1, -0.05) is 13.3 Å². The van der Waals surface area contributed by atoms with Gasteiger partial charge in [-0.25, -0.2) is 4.98 Å². The summed E-state index contributed by atoms with van der Waals surface area (Å²) in [6, 6.07) is 1.73. The van der Waals surface area contributed by atoms with Crippen LogP contribution in [0, 0.1) is 5.92 Å². The molecule has 1 heterocycles. The number of hydrogen-bond donors (Lipinski definition) is 3. The van der Waals surface area contributed by atoms with Crippen LogP contribution in [0.3, 0.4) is 0 Å². The predicted molar refractivity (Wildman–Crippen MR) is 67.6 cm³/mol. The van der Waals surface area contributed by atoms with Crippen molar-refractivity contribution in [1.82, 2.24) is 4.98 Å². The highest BCUT2D eigenvalue weighted by Gasteiger charge is 2.31. The second-order valence-corrected chi connectivity index (χ2v) is 4.33. The van der Waals surface area contributed by atoms with Gasteiger partial charge in [-0.05, 0) is 24.5 Å². The van der Waals surface area contributed by atoms with Gasteiger partial charge in [0, 0.05) is 13.2 Å². The van der Waals surface area contributed by atoms with Gasteiger partial charge in [0.15, 0.2) is 0 Å². The molecule has 0 aromatic carbocycles. The quantitative estimate of drug-likeness (QED) is 0.747. The van der Waals surface area contributed by atoms with Crippen molar-refractivity contribution in [1.29, 1.82) is 0 Å². The number of nitrogen functional groups attached to an aromatic ring is 1. The molecule has 1 atom stereocenters. The minimum atomic E-state index is -4.44. The molecule has 0 aliphatic heterocycles. The molecule has 0 spiro atoms. The minimum absolute atomic E-state index is 0.0539. The third-order valence-electron chi connectivity index (χ3n) is 2.86. The molecule has 0 saturated heterocycles. The van der Waals surface area contributed by atoms with E-state index in [0.717, 1.165) is 18.6 Å². The molecule has 0 aliphatic rings. The molecule has 1 aromatic heterocycles. The number of nitrogens with one attached hydrogen (secondary N) is 1. The summed E-state index contributed by atoms with van der Waals surface area (Å²) in [5.74, 6) is 0.110. The van der Waals surface area contributed by atoms with Crippen molar-refractivity contribution in [3.05, 3.63) is 17.7 Å². The van der Waals surface area contributed by atoms with Crippen LogP contribution < -0.4 is 11.1 Å². The van der Waals surface area contributed by atoms with Crippen LogP contribution in [0.25, 0.3) is 0 Å². The van der Waals surface area contributed by atoms with E-state index in [9.17, 15) is 13.2 Å². The lowest BCUT2D eigenvalue weighted by Crippen LogP contribution is -2.17. The van der Waals surface area contributed by atoms with Gasteiger partial charge in [-0.3, -0.25) is 0 Å². The Hall–Kier alpha value is -1.50. The summed E-state index contributed by atoms with van der Waals surface area (Å²) in [5, 5.41) is 11.7. The lowest BCUT2D eigenvalue weighted by atomic mass is 10.0. The molecule has 0 bridgehead atoms. The summed E-state index contributed by atoms with van der Waals surface area (Å²) >= 11 is 0. The van der Waals surface area contributed by atoms with Crippen LogP contribution in [0.15, 0.2) is 12.1 Å². The van der Waals surface area contributed by atoms with Crippen LogP contribution in [-0.2, 0) is 6.18 Å². The van der Waals surface area contributed by atoms with E-state index < -0.39 is 11.7 Å². The molecule has 0 amide bonds. The number of nitrogens with two attached hydrogens (primary N) is 1. The largest absolute Gasteiger partial charge is 0.416 e. The number of hydrogen-bond acceptors (Lipinski definition) is 4. The summed E-state index contributed by atoms with van der Waals surface area (Å²) in [5.41, 5.74) is 4.54. The van der Waals surface area contributed by atoms with Gasteiger partial charge in [0.25, 0.3) is 0 Å². The van der Waals surface area contributed by atoms with Crippen LogP contribution in [0.2, 0.25) is 0 Å². The van der Waals surface area contributed by atoms with E-state index in [1.165, 1.54) is 0 Å². The van der Waals surface area contributed by atoms with Crippen molar-refractivity contribution in [3.63, 3.8) is 0 Å². The van der Waals surface area contributed by atoms with Crippen LogP contribution in [0.5, 0.6) is 0 Å². The Morgan fingerprint density at radius 2 is 2.11 bits per heavy atom. The standard InChI is InChI=1S/C12H18F3N3O/c1-2-8(3-4-19)7-17-11-6-9(12(13,14)15)5-10(16)18-11/h5-6,8,19H,2-4,7H2,1H3,(H3,16,17,18). The number of rotatable bonds is 6. The van der Waals surface area contributed by atoms with Gasteiger partial charge in [0.1, 0.15) is 11.6 Å². The third kappa shape index (κ3) is 4.94. The molecule has 1 rings (SSSR count). The summed E-state index contributed by atoms with van der Waals surface area (Å²) in [6.45, 7) is 2.46. The van der Waals surface area contributed by atoms with E-state index in [-0.39, 0.29) is 24.2 Å². The molecular formula is C12H18F3N3O. The molecule has 1 unspecified atom stereocenters. The Bertz CT molecular complexity index is 410. The van der Waals surface area contributed by atoms with E-state index in [1.54, 1.807) is 0 Å². The monoisotopic (exact) mass is 277 g/mol. The average Bonchev–Trinajstić information content (AvgIpc) is 2.32. The van der Waals surface area contributed by atoms with Gasteiger partial charge in [-0.2, -0.15) is 13.2 Å². The summed E-state index contributed by atoms with van der Waals surface area (Å²) in [4.78, 5) is 3.82. The number of aliphatic hydroxyl groups excluding tert-OH is 1. The highest BCUT2D eigenvalue weighted by atomic mass is 19.4. The number of aliphatic hydroxyl groups is 1. The fourth-order valence-electron chi connectivity index (χ4n) is 1.69. The number of aromatic nitrogens is 1. The zero-order chi connectivity index (χ0) is 14.5. The van der Waals surface area contributed by atoms with Gasteiger partial charge < -0.3 is 16.2 Å². The smallest absolute Gasteiger partial charge is 0.396 e. The van der Waals surface area contributed by atoms with Gasteiger partial charge >= 0.3 is 6.18 Å². The average molecular weight is 277 g/mol. The maximum Gasteiger partial charge on any atom is 0.416 e. The number of anilines is 2. The zero-order valence-corrected chi connectivity index (χ0v) is 10.7. The lowest BCUT2D eigenvalue weighted by Gasteiger charge is -2.16. The topological polar surface area (TPSA) is 71.2 Å². The van der Waals surface area contributed by atoms with Crippen molar-refractivity contribution in [2.45, 2.75) is 25.9 Å². The maximum atomic E-state index is 12.6. The maximum absolute atomic E-state index is 12.6. The van der Waals surface area contributed by atoms with E-state index in [4.69, 9.17) is 10.8 Å². The first kappa shape index (κ1) is 15.6. The fraction of sp³-hybridized carbons (Fsp3) is 0.583. The first-order chi connectivity index (χ1) is 8.86. The van der Waals surface area contributed by atoms with Crippen molar-refractivity contribution in [2.75, 3.05) is 24.2 Å². The van der Waals surface area contributed by atoms with Crippen LogP contribution in [0.1, 0.15) is 25.3 Å². The number of halogens is 3. The summed E-state index contributed by atoms with van der Waals surface area (Å²) in [6.07, 6.45) is -3.03. The Kier molecular flexibility index (Phi) is 5.41. The zero-order valence-electron chi connectivity index (χ0n) is 10.7. The second kappa shape index (κ2) is 6.60. The van der Waals surface area contributed by atoms with Crippen molar-refractivity contribution >= 4 is 11.6 Å². The second-order valence-electron chi connectivity index (χ2n) is 4.33. The molecule has 0 saturated carbocycles. The predicted octanol–water partition coefficient (Wildman–Crippen LogP) is 2.50. The summed E-state index contributed by atoms with van der Waals surface area (Å²) < 4.78 is 37.8. The van der Waals surface area contributed by atoms with E-state index in [1.807, 2.05) is 6.92 Å². The molecule has 0 fully saturated rings. The highest BCUT2D eigenvalue weighted by molar-refractivity contribution is 5.47. The molecule has 0 aliphatic carbocycles. The molecule has 19 heavy (non-hydrogen) atoms. The number of alkyl halides is 3. The molecule has 4 N–H and O–H groups in total. The van der Waals surface area contributed by atoms with Gasteiger partial charge in [0.05, 0.1) is 5.56 Å². The Labute approximate surface area is 109 Å². The molecule has 0 radical (unpaired) electrons. The minimum Gasteiger partial charge on any atom is -0.396 e. The number of nitrogens with zero attached hydrogens (tertiary/aromatic N) is 1. The van der Waals surface area contributed by atoms with Crippen LogP contribution in [-0.4, -0.2) is 23.2 Å².